The SMILES string of the molecule is Cc1cccc(CNC(=O)[C@@]2(C)Cn3cnc(C(=O)N4CCCCCC4)c3C(=O)N2C2CC2)c1. The van der Waals surface area contributed by atoms with Gasteiger partial charge in [0.25, 0.3) is 11.8 Å². The second kappa shape index (κ2) is 8.89. The van der Waals surface area contributed by atoms with E-state index in [1.165, 1.54) is 0 Å². The Morgan fingerprint density at radius 1 is 1.15 bits per heavy atom. The first-order valence-corrected chi connectivity index (χ1v) is 12.4. The topological polar surface area (TPSA) is 87.5 Å². The second-order valence-electron chi connectivity index (χ2n) is 10.1. The van der Waals surface area contributed by atoms with Crippen LogP contribution in [0, 0.1) is 6.92 Å². The number of benzene rings is 1. The van der Waals surface area contributed by atoms with Crippen molar-refractivity contribution >= 4 is 17.7 Å². The van der Waals surface area contributed by atoms with Crippen LogP contribution in [-0.2, 0) is 17.9 Å². The molecule has 2 aromatic rings. The van der Waals surface area contributed by atoms with Gasteiger partial charge in [-0.3, -0.25) is 14.4 Å². The van der Waals surface area contributed by atoms with Crippen molar-refractivity contribution in [3.05, 3.63) is 53.1 Å². The number of amides is 3. The normalized spacial score (nSPS) is 22.8. The molecule has 180 valence electrons. The van der Waals surface area contributed by atoms with E-state index in [-0.39, 0.29) is 36.0 Å². The van der Waals surface area contributed by atoms with Gasteiger partial charge in [-0.25, -0.2) is 4.98 Å². The lowest BCUT2D eigenvalue weighted by atomic mass is 9.93. The van der Waals surface area contributed by atoms with E-state index in [1.54, 1.807) is 15.8 Å². The number of imidazole rings is 1. The number of aromatic nitrogens is 2. The molecule has 3 aliphatic rings. The third-order valence-electron chi connectivity index (χ3n) is 7.30. The molecule has 1 saturated carbocycles. The van der Waals surface area contributed by atoms with Crippen molar-refractivity contribution < 1.29 is 14.4 Å². The maximum Gasteiger partial charge on any atom is 0.274 e. The highest BCUT2D eigenvalue weighted by Gasteiger charge is 2.53. The molecule has 1 atom stereocenters. The molecule has 1 N–H and O–H groups in total. The minimum atomic E-state index is -1.04. The minimum Gasteiger partial charge on any atom is -0.350 e. The van der Waals surface area contributed by atoms with E-state index in [0.29, 0.717) is 25.3 Å². The number of hydrogen-bond acceptors (Lipinski definition) is 4. The molecule has 3 heterocycles. The molecule has 0 spiro atoms. The number of likely N-dealkylation sites (tertiary alicyclic amines) is 1. The van der Waals surface area contributed by atoms with Gasteiger partial charge in [-0.2, -0.15) is 0 Å². The zero-order valence-electron chi connectivity index (χ0n) is 20.0. The van der Waals surface area contributed by atoms with Crippen molar-refractivity contribution in [1.82, 2.24) is 24.7 Å². The molecule has 0 unspecified atom stereocenters. The van der Waals surface area contributed by atoms with E-state index in [4.69, 9.17) is 0 Å². The lowest BCUT2D eigenvalue weighted by Crippen LogP contribution is -2.64. The lowest BCUT2D eigenvalue weighted by Gasteiger charge is -2.44. The van der Waals surface area contributed by atoms with Crippen LogP contribution in [0.1, 0.15) is 77.6 Å². The highest BCUT2D eigenvalue weighted by molar-refractivity contribution is 6.07. The molecule has 2 fully saturated rings. The Labute approximate surface area is 200 Å². The fourth-order valence-electron chi connectivity index (χ4n) is 5.33. The summed E-state index contributed by atoms with van der Waals surface area (Å²) in [7, 11) is 0. The third-order valence-corrected chi connectivity index (χ3v) is 7.30. The largest absolute Gasteiger partial charge is 0.350 e. The van der Waals surface area contributed by atoms with Gasteiger partial charge >= 0.3 is 0 Å². The summed E-state index contributed by atoms with van der Waals surface area (Å²) < 4.78 is 1.71. The third kappa shape index (κ3) is 4.10. The van der Waals surface area contributed by atoms with Crippen molar-refractivity contribution in [3.8, 4) is 0 Å². The van der Waals surface area contributed by atoms with E-state index in [2.05, 4.69) is 10.3 Å². The smallest absolute Gasteiger partial charge is 0.274 e. The molecular weight excluding hydrogens is 430 g/mol. The van der Waals surface area contributed by atoms with Crippen LogP contribution in [0.25, 0.3) is 0 Å². The van der Waals surface area contributed by atoms with Gasteiger partial charge in [0.2, 0.25) is 5.91 Å². The molecule has 1 aromatic heterocycles. The molecule has 2 aliphatic heterocycles. The standard InChI is InChI=1S/C26H33N5O3/c1-18-8-7-9-19(14-18)15-27-25(34)26(2)16-30-17-28-21(22(30)24(33)31(26)20-10-11-20)23(32)29-12-5-3-4-6-13-29/h7-9,14,17,20H,3-6,10-13,15-16H2,1-2H3,(H,27,34)/t26-/m1/s1. The number of aryl methyl sites for hydroxylation is 1. The quantitative estimate of drug-likeness (QED) is 0.739. The fourth-order valence-corrected chi connectivity index (χ4v) is 5.33. The van der Waals surface area contributed by atoms with Crippen molar-refractivity contribution in [3.63, 3.8) is 0 Å². The number of nitrogens with zero attached hydrogens (tertiary/aromatic N) is 4. The monoisotopic (exact) mass is 463 g/mol. The first-order chi connectivity index (χ1) is 16.4. The molecule has 8 nitrogen and oxygen atoms in total. The number of rotatable bonds is 5. The van der Waals surface area contributed by atoms with Crippen LogP contribution in [-0.4, -0.2) is 61.7 Å². The Morgan fingerprint density at radius 3 is 2.56 bits per heavy atom. The van der Waals surface area contributed by atoms with E-state index in [1.807, 2.05) is 43.0 Å². The molecule has 1 aromatic carbocycles. The second-order valence-corrected chi connectivity index (χ2v) is 10.1. The zero-order chi connectivity index (χ0) is 23.9. The molecule has 1 aliphatic carbocycles. The van der Waals surface area contributed by atoms with Crippen LogP contribution in [0.4, 0.5) is 0 Å². The first kappa shape index (κ1) is 22.6. The van der Waals surface area contributed by atoms with Crippen molar-refractivity contribution in [1.29, 1.82) is 0 Å². The van der Waals surface area contributed by atoms with Gasteiger partial charge in [0.15, 0.2) is 5.69 Å². The summed E-state index contributed by atoms with van der Waals surface area (Å²) in [5.74, 6) is -0.626. The fraction of sp³-hybridized carbons (Fsp3) is 0.538. The Hall–Kier alpha value is -3.16. The number of hydrogen-bond donors (Lipinski definition) is 1. The maximum atomic E-state index is 13.8. The predicted molar refractivity (Wildman–Crippen MR) is 127 cm³/mol. The molecule has 5 rings (SSSR count). The van der Waals surface area contributed by atoms with Gasteiger partial charge in [-0.15, -0.1) is 0 Å². The van der Waals surface area contributed by atoms with Gasteiger partial charge in [0.1, 0.15) is 11.2 Å². The maximum absolute atomic E-state index is 13.8. The van der Waals surface area contributed by atoms with Crippen molar-refractivity contribution in [2.75, 3.05) is 13.1 Å². The lowest BCUT2D eigenvalue weighted by molar-refractivity contribution is -0.133. The summed E-state index contributed by atoms with van der Waals surface area (Å²) >= 11 is 0. The summed E-state index contributed by atoms with van der Waals surface area (Å²) in [6, 6.07) is 8.04. The van der Waals surface area contributed by atoms with E-state index >= 15 is 0 Å². The Bertz CT molecular complexity index is 1110. The Morgan fingerprint density at radius 2 is 1.88 bits per heavy atom. The molecule has 3 amide bonds. The van der Waals surface area contributed by atoms with Crippen LogP contribution in [0.15, 0.2) is 30.6 Å². The van der Waals surface area contributed by atoms with E-state index in [0.717, 1.165) is 49.7 Å². The number of carbonyl (C=O) groups excluding carboxylic acids is 3. The Balaban J connectivity index is 1.41. The molecule has 34 heavy (non-hydrogen) atoms. The summed E-state index contributed by atoms with van der Waals surface area (Å²) in [4.78, 5) is 48.5. The highest BCUT2D eigenvalue weighted by atomic mass is 16.2. The molecule has 1 saturated heterocycles. The molecule has 0 bridgehead atoms. The van der Waals surface area contributed by atoms with E-state index < -0.39 is 5.54 Å². The van der Waals surface area contributed by atoms with Gasteiger partial charge in [0.05, 0.1) is 12.9 Å². The highest BCUT2D eigenvalue weighted by Crippen LogP contribution is 2.39. The predicted octanol–water partition coefficient (Wildman–Crippen LogP) is 2.90. The molecule has 8 heteroatoms. The summed E-state index contributed by atoms with van der Waals surface area (Å²) in [5.41, 5.74) is 1.66. The van der Waals surface area contributed by atoms with Gasteiger partial charge in [-0.05, 0) is 45.1 Å². The number of fused-ring (bicyclic) bond motifs is 1. The zero-order valence-corrected chi connectivity index (χ0v) is 20.0. The van der Waals surface area contributed by atoms with Gasteiger partial charge in [-0.1, -0.05) is 42.7 Å². The molecular formula is C26H33N5O3. The number of nitrogens with one attached hydrogen (secondary N) is 1. The van der Waals surface area contributed by atoms with Gasteiger partial charge in [0, 0.05) is 25.7 Å². The van der Waals surface area contributed by atoms with Crippen LogP contribution in [0.3, 0.4) is 0 Å². The summed E-state index contributed by atoms with van der Waals surface area (Å²) in [6.07, 6.45) is 7.48. The van der Waals surface area contributed by atoms with Crippen molar-refractivity contribution in [2.45, 2.75) is 77.0 Å². The van der Waals surface area contributed by atoms with Crippen molar-refractivity contribution in [2.24, 2.45) is 0 Å². The summed E-state index contributed by atoms with van der Waals surface area (Å²) in [6.45, 7) is 5.93. The van der Waals surface area contributed by atoms with Crippen LogP contribution in [0.5, 0.6) is 0 Å². The first-order valence-electron chi connectivity index (χ1n) is 12.4. The Kier molecular flexibility index (Phi) is 5.91. The summed E-state index contributed by atoms with van der Waals surface area (Å²) in [5, 5.41) is 3.05. The minimum absolute atomic E-state index is 0.0204. The van der Waals surface area contributed by atoms with E-state index in [9.17, 15) is 14.4 Å². The average Bonchev–Trinajstić information content (AvgIpc) is 3.60. The molecule has 0 radical (unpaired) electrons. The van der Waals surface area contributed by atoms with Crippen LogP contribution < -0.4 is 5.32 Å². The van der Waals surface area contributed by atoms with Gasteiger partial charge < -0.3 is 19.7 Å². The average molecular weight is 464 g/mol. The van der Waals surface area contributed by atoms with Crippen LogP contribution >= 0.6 is 0 Å². The number of carbonyl (C=O) groups is 3. The van der Waals surface area contributed by atoms with Crippen LogP contribution in [0.2, 0.25) is 0 Å².